The lowest BCUT2D eigenvalue weighted by molar-refractivity contribution is -0.124. The fourth-order valence-corrected chi connectivity index (χ4v) is 1.31. The highest BCUT2D eigenvalue weighted by molar-refractivity contribution is 5.77. The fourth-order valence-electron chi connectivity index (χ4n) is 1.31. The van der Waals surface area contributed by atoms with Crippen LogP contribution < -0.4 is 10.6 Å². The Bertz CT molecular complexity index is 188. The summed E-state index contributed by atoms with van der Waals surface area (Å²) in [4.78, 5) is 11.1. The molecule has 1 heterocycles. The van der Waals surface area contributed by atoms with Gasteiger partial charge in [-0.15, -0.1) is 0 Å². The number of hydrogen-bond acceptors (Lipinski definition) is 2. The molecule has 0 spiro atoms. The van der Waals surface area contributed by atoms with E-state index in [9.17, 15) is 9.18 Å². The molecular formula is C9H17FN2O. The molecule has 1 aliphatic rings. The lowest BCUT2D eigenvalue weighted by Gasteiger charge is -2.19. The van der Waals surface area contributed by atoms with Gasteiger partial charge in [-0.3, -0.25) is 4.79 Å². The number of carbonyl (C=O) groups is 1. The van der Waals surface area contributed by atoms with E-state index in [4.69, 9.17) is 0 Å². The predicted octanol–water partition coefficient (Wildman–Crippen LogP) is 0.460. The fraction of sp³-hybridized carbons (Fsp3) is 0.889. The Balaban J connectivity index is 2.29. The van der Waals surface area contributed by atoms with Gasteiger partial charge in [0.15, 0.2) is 0 Å². The highest BCUT2D eigenvalue weighted by atomic mass is 19.1. The van der Waals surface area contributed by atoms with Crippen molar-refractivity contribution in [1.29, 1.82) is 0 Å². The van der Waals surface area contributed by atoms with Gasteiger partial charge in [0.2, 0.25) is 5.91 Å². The summed E-state index contributed by atoms with van der Waals surface area (Å²) in [6, 6.07) is 0. The van der Waals surface area contributed by atoms with Gasteiger partial charge in [0, 0.05) is 12.5 Å². The second-order valence-corrected chi connectivity index (χ2v) is 3.95. The molecule has 1 unspecified atom stereocenters. The topological polar surface area (TPSA) is 41.1 Å². The maximum absolute atomic E-state index is 13.7. The van der Waals surface area contributed by atoms with Gasteiger partial charge in [0.1, 0.15) is 5.67 Å². The quantitative estimate of drug-likeness (QED) is 0.675. The summed E-state index contributed by atoms with van der Waals surface area (Å²) in [5, 5.41) is 5.55. The Morgan fingerprint density at radius 2 is 2.38 bits per heavy atom. The highest BCUT2D eigenvalue weighted by Crippen LogP contribution is 2.18. The number of halogens is 1. The zero-order valence-corrected chi connectivity index (χ0v) is 8.19. The number of nitrogens with one attached hydrogen (secondary N) is 2. The maximum Gasteiger partial charge on any atom is 0.222 e. The van der Waals surface area contributed by atoms with E-state index in [1.807, 2.05) is 0 Å². The summed E-state index contributed by atoms with van der Waals surface area (Å²) in [6.07, 6.45) is 0.491. The van der Waals surface area contributed by atoms with Gasteiger partial charge >= 0.3 is 0 Å². The molecule has 3 nitrogen and oxygen atoms in total. The summed E-state index contributed by atoms with van der Waals surface area (Å²) < 4.78 is 13.7. The number of rotatable bonds is 3. The largest absolute Gasteiger partial charge is 0.353 e. The van der Waals surface area contributed by atoms with E-state index in [1.54, 1.807) is 13.8 Å². The number of hydrogen-bond donors (Lipinski definition) is 2. The van der Waals surface area contributed by atoms with Crippen LogP contribution in [0.15, 0.2) is 0 Å². The van der Waals surface area contributed by atoms with Gasteiger partial charge in [-0.2, -0.15) is 0 Å². The van der Waals surface area contributed by atoms with E-state index in [0.29, 0.717) is 19.5 Å². The molecule has 0 aromatic heterocycles. The van der Waals surface area contributed by atoms with Gasteiger partial charge in [0.05, 0.1) is 6.54 Å². The average molecular weight is 188 g/mol. The van der Waals surface area contributed by atoms with Gasteiger partial charge in [-0.05, 0) is 13.0 Å². The molecular weight excluding hydrogens is 171 g/mol. The summed E-state index contributed by atoms with van der Waals surface area (Å²) in [7, 11) is 0. The van der Waals surface area contributed by atoms with Crippen molar-refractivity contribution in [2.45, 2.75) is 25.9 Å². The first-order valence-corrected chi connectivity index (χ1v) is 4.71. The van der Waals surface area contributed by atoms with Gasteiger partial charge < -0.3 is 10.6 Å². The summed E-state index contributed by atoms with van der Waals surface area (Å²) in [6.45, 7) is 4.79. The van der Waals surface area contributed by atoms with Crippen LogP contribution in [-0.4, -0.2) is 31.2 Å². The molecule has 0 radical (unpaired) electrons. The predicted molar refractivity (Wildman–Crippen MR) is 49.2 cm³/mol. The lowest BCUT2D eigenvalue weighted by atomic mass is 10.1. The average Bonchev–Trinajstić information content (AvgIpc) is 2.48. The molecule has 1 amide bonds. The first-order chi connectivity index (χ1) is 6.03. The van der Waals surface area contributed by atoms with Crippen molar-refractivity contribution in [2.24, 2.45) is 5.92 Å². The van der Waals surface area contributed by atoms with E-state index in [0.717, 1.165) is 0 Å². The Hall–Kier alpha value is -0.640. The Morgan fingerprint density at radius 1 is 1.69 bits per heavy atom. The Morgan fingerprint density at radius 3 is 2.85 bits per heavy atom. The van der Waals surface area contributed by atoms with Crippen LogP contribution in [0.5, 0.6) is 0 Å². The minimum Gasteiger partial charge on any atom is -0.353 e. The molecule has 2 N–H and O–H groups in total. The molecule has 0 bridgehead atoms. The van der Waals surface area contributed by atoms with Gasteiger partial charge in [-0.25, -0.2) is 4.39 Å². The zero-order valence-electron chi connectivity index (χ0n) is 8.19. The monoisotopic (exact) mass is 188 g/mol. The molecule has 0 aromatic rings. The van der Waals surface area contributed by atoms with Crippen molar-refractivity contribution < 1.29 is 9.18 Å². The van der Waals surface area contributed by atoms with E-state index in [-0.39, 0.29) is 18.4 Å². The Labute approximate surface area is 78.1 Å². The van der Waals surface area contributed by atoms with Crippen molar-refractivity contribution >= 4 is 5.91 Å². The molecule has 0 saturated carbocycles. The highest BCUT2D eigenvalue weighted by Gasteiger charge is 2.33. The van der Waals surface area contributed by atoms with Crippen LogP contribution in [0, 0.1) is 5.92 Å². The molecule has 76 valence electrons. The molecule has 4 heteroatoms. The van der Waals surface area contributed by atoms with Crippen molar-refractivity contribution in [3.05, 3.63) is 0 Å². The van der Waals surface area contributed by atoms with Crippen LogP contribution in [0.25, 0.3) is 0 Å². The van der Waals surface area contributed by atoms with E-state index < -0.39 is 5.67 Å². The van der Waals surface area contributed by atoms with E-state index in [2.05, 4.69) is 10.6 Å². The second kappa shape index (κ2) is 4.05. The van der Waals surface area contributed by atoms with Gasteiger partial charge in [-0.1, -0.05) is 13.8 Å². The van der Waals surface area contributed by atoms with Crippen molar-refractivity contribution in [3.63, 3.8) is 0 Å². The number of carbonyl (C=O) groups excluding carboxylic acids is 1. The van der Waals surface area contributed by atoms with Crippen molar-refractivity contribution in [2.75, 3.05) is 19.6 Å². The number of alkyl halides is 1. The second-order valence-electron chi connectivity index (χ2n) is 3.95. The third kappa shape index (κ3) is 2.95. The first-order valence-electron chi connectivity index (χ1n) is 4.71. The zero-order chi connectivity index (χ0) is 9.90. The molecule has 0 aromatic carbocycles. The number of amides is 1. The van der Waals surface area contributed by atoms with E-state index in [1.165, 1.54) is 0 Å². The molecule has 1 saturated heterocycles. The Kier molecular flexibility index (Phi) is 3.25. The summed E-state index contributed by atoms with van der Waals surface area (Å²) in [5.41, 5.74) is -1.23. The maximum atomic E-state index is 13.7. The molecule has 13 heavy (non-hydrogen) atoms. The van der Waals surface area contributed by atoms with Gasteiger partial charge in [0.25, 0.3) is 0 Å². The summed E-state index contributed by atoms with van der Waals surface area (Å²) in [5.74, 6) is -0.151. The van der Waals surface area contributed by atoms with Crippen molar-refractivity contribution in [1.82, 2.24) is 10.6 Å². The van der Waals surface area contributed by atoms with Crippen LogP contribution >= 0.6 is 0 Å². The molecule has 1 atom stereocenters. The van der Waals surface area contributed by atoms with Crippen LogP contribution in [0.2, 0.25) is 0 Å². The van der Waals surface area contributed by atoms with Crippen LogP contribution in [-0.2, 0) is 4.79 Å². The lowest BCUT2D eigenvalue weighted by Crippen LogP contribution is -2.42. The van der Waals surface area contributed by atoms with Crippen molar-refractivity contribution in [3.8, 4) is 0 Å². The standard InChI is InChI=1S/C9H17FN2O/c1-7(2)8(13)12-6-9(10)3-4-11-5-9/h7,11H,3-6H2,1-2H3,(H,12,13). The smallest absolute Gasteiger partial charge is 0.222 e. The third-order valence-corrected chi connectivity index (χ3v) is 2.30. The first kappa shape index (κ1) is 10.4. The SMILES string of the molecule is CC(C)C(=O)NCC1(F)CCNC1. The minimum atomic E-state index is -1.23. The third-order valence-electron chi connectivity index (χ3n) is 2.30. The molecule has 0 aliphatic carbocycles. The van der Waals surface area contributed by atoms with Crippen LogP contribution in [0.3, 0.4) is 0 Å². The normalized spacial score (nSPS) is 28.0. The van der Waals surface area contributed by atoms with Crippen LogP contribution in [0.1, 0.15) is 20.3 Å². The summed E-state index contributed by atoms with van der Waals surface area (Å²) >= 11 is 0. The molecule has 1 aliphatic heterocycles. The van der Waals surface area contributed by atoms with E-state index >= 15 is 0 Å². The molecule has 1 fully saturated rings. The van der Waals surface area contributed by atoms with Crippen LogP contribution in [0.4, 0.5) is 4.39 Å². The minimum absolute atomic E-state index is 0.0713. The molecule has 1 rings (SSSR count).